The zero-order valence-corrected chi connectivity index (χ0v) is 14.9. The molecular formula is C19H25ClN2O2. The fraction of sp³-hybridized carbons (Fsp3) is 0.316. The molecule has 0 heterocycles. The van der Waals surface area contributed by atoms with Crippen molar-refractivity contribution >= 4 is 18.3 Å². The molecule has 2 rings (SSSR count). The van der Waals surface area contributed by atoms with Crippen LogP contribution in [0.5, 0.6) is 5.75 Å². The van der Waals surface area contributed by atoms with Crippen LogP contribution in [-0.4, -0.2) is 26.1 Å². The fourth-order valence-corrected chi connectivity index (χ4v) is 2.40. The van der Waals surface area contributed by atoms with Crippen molar-refractivity contribution in [3.8, 4) is 5.75 Å². The maximum Gasteiger partial charge on any atom is 0.222 e. The third kappa shape index (κ3) is 5.87. The van der Waals surface area contributed by atoms with Gasteiger partial charge in [0.2, 0.25) is 5.91 Å². The van der Waals surface area contributed by atoms with Crippen molar-refractivity contribution < 1.29 is 9.53 Å². The second-order valence-electron chi connectivity index (χ2n) is 5.27. The molecule has 0 aliphatic carbocycles. The molecule has 1 atom stereocenters. The Bertz CT molecular complexity index is 603. The van der Waals surface area contributed by atoms with Gasteiger partial charge in [0.05, 0.1) is 12.6 Å². The van der Waals surface area contributed by atoms with Crippen LogP contribution in [0.25, 0.3) is 0 Å². The predicted molar refractivity (Wildman–Crippen MR) is 99.8 cm³/mol. The van der Waals surface area contributed by atoms with Crippen LogP contribution in [-0.2, 0) is 4.79 Å². The average molecular weight is 349 g/mol. The first-order valence-electron chi connectivity index (χ1n) is 7.96. The predicted octanol–water partition coefficient (Wildman–Crippen LogP) is 3.32. The fourth-order valence-electron chi connectivity index (χ4n) is 2.40. The van der Waals surface area contributed by atoms with Crippen LogP contribution in [0.1, 0.15) is 30.5 Å². The van der Waals surface area contributed by atoms with Gasteiger partial charge in [-0.05, 0) is 37.2 Å². The number of rotatable bonds is 8. The van der Waals surface area contributed by atoms with Crippen LogP contribution in [0.2, 0.25) is 0 Å². The molecule has 0 bridgehead atoms. The lowest BCUT2D eigenvalue weighted by molar-refractivity contribution is -0.121. The molecule has 24 heavy (non-hydrogen) atoms. The molecular weight excluding hydrogens is 324 g/mol. The van der Waals surface area contributed by atoms with E-state index in [2.05, 4.69) is 10.6 Å². The van der Waals surface area contributed by atoms with Crippen molar-refractivity contribution in [1.29, 1.82) is 0 Å². The van der Waals surface area contributed by atoms with Crippen LogP contribution in [0.3, 0.4) is 0 Å². The Morgan fingerprint density at radius 3 is 2.25 bits per heavy atom. The molecule has 0 saturated heterocycles. The number of amides is 1. The average Bonchev–Trinajstić information content (AvgIpc) is 2.60. The Hall–Kier alpha value is -2.04. The van der Waals surface area contributed by atoms with Crippen LogP contribution < -0.4 is 15.4 Å². The first kappa shape index (κ1) is 20.0. The lowest BCUT2D eigenvalue weighted by atomic mass is 9.98. The van der Waals surface area contributed by atoms with E-state index in [-0.39, 0.29) is 24.4 Å². The molecule has 2 N–H and O–H groups in total. The number of nitrogens with one attached hydrogen (secondary N) is 2. The summed E-state index contributed by atoms with van der Waals surface area (Å²) in [6, 6.07) is 17.7. The molecule has 2 aromatic carbocycles. The smallest absolute Gasteiger partial charge is 0.222 e. The number of halogens is 1. The van der Waals surface area contributed by atoms with E-state index < -0.39 is 0 Å². The highest BCUT2D eigenvalue weighted by atomic mass is 35.5. The molecule has 130 valence electrons. The van der Waals surface area contributed by atoms with Crippen molar-refractivity contribution in [3.63, 3.8) is 0 Å². The SMILES string of the molecule is CCOc1ccc(C(NC(=O)CCNC)c2ccccc2)cc1.Cl. The first-order valence-corrected chi connectivity index (χ1v) is 7.96. The van der Waals surface area contributed by atoms with Gasteiger partial charge >= 0.3 is 0 Å². The van der Waals surface area contributed by atoms with Gasteiger partial charge in [0, 0.05) is 13.0 Å². The molecule has 1 amide bonds. The van der Waals surface area contributed by atoms with Gasteiger partial charge < -0.3 is 15.4 Å². The Labute approximate surface area is 150 Å². The molecule has 5 heteroatoms. The highest BCUT2D eigenvalue weighted by Crippen LogP contribution is 2.24. The number of hydrogen-bond acceptors (Lipinski definition) is 3. The van der Waals surface area contributed by atoms with Crippen molar-refractivity contribution in [1.82, 2.24) is 10.6 Å². The largest absolute Gasteiger partial charge is 0.494 e. The third-order valence-electron chi connectivity index (χ3n) is 3.56. The van der Waals surface area contributed by atoms with Gasteiger partial charge in [-0.15, -0.1) is 12.4 Å². The van der Waals surface area contributed by atoms with E-state index in [0.717, 1.165) is 16.9 Å². The van der Waals surface area contributed by atoms with E-state index in [1.807, 2.05) is 68.6 Å². The van der Waals surface area contributed by atoms with Gasteiger partial charge in [0.1, 0.15) is 5.75 Å². The monoisotopic (exact) mass is 348 g/mol. The summed E-state index contributed by atoms with van der Waals surface area (Å²) in [4.78, 5) is 12.2. The van der Waals surface area contributed by atoms with Gasteiger partial charge in [0.25, 0.3) is 0 Å². The topological polar surface area (TPSA) is 50.4 Å². The van der Waals surface area contributed by atoms with E-state index in [1.54, 1.807) is 0 Å². The van der Waals surface area contributed by atoms with Gasteiger partial charge in [-0.1, -0.05) is 42.5 Å². The lowest BCUT2D eigenvalue weighted by Crippen LogP contribution is -2.31. The highest BCUT2D eigenvalue weighted by molar-refractivity contribution is 5.85. The first-order chi connectivity index (χ1) is 11.2. The van der Waals surface area contributed by atoms with E-state index in [1.165, 1.54) is 0 Å². The number of carbonyl (C=O) groups is 1. The van der Waals surface area contributed by atoms with Crippen molar-refractivity contribution in [2.45, 2.75) is 19.4 Å². The zero-order valence-electron chi connectivity index (χ0n) is 14.1. The maximum atomic E-state index is 12.2. The number of carbonyl (C=O) groups excluding carboxylic acids is 1. The molecule has 0 aliphatic heterocycles. The minimum Gasteiger partial charge on any atom is -0.494 e. The minimum absolute atomic E-state index is 0. The van der Waals surface area contributed by atoms with Crippen molar-refractivity contribution in [2.24, 2.45) is 0 Å². The molecule has 1 unspecified atom stereocenters. The minimum atomic E-state index is -0.156. The molecule has 2 aromatic rings. The van der Waals surface area contributed by atoms with Gasteiger partial charge in [-0.2, -0.15) is 0 Å². The Balaban J connectivity index is 0.00000288. The van der Waals surface area contributed by atoms with Crippen LogP contribution >= 0.6 is 12.4 Å². The maximum absolute atomic E-state index is 12.2. The summed E-state index contributed by atoms with van der Waals surface area (Å²) >= 11 is 0. The molecule has 4 nitrogen and oxygen atoms in total. The van der Waals surface area contributed by atoms with Crippen molar-refractivity contribution in [3.05, 3.63) is 65.7 Å². The van der Waals surface area contributed by atoms with E-state index >= 15 is 0 Å². The van der Waals surface area contributed by atoms with Gasteiger partial charge in [0.15, 0.2) is 0 Å². The Morgan fingerprint density at radius 2 is 1.67 bits per heavy atom. The second kappa shape index (κ2) is 10.7. The normalized spacial score (nSPS) is 11.2. The van der Waals surface area contributed by atoms with Crippen LogP contribution in [0.15, 0.2) is 54.6 Å². The molecule has 0 aromatic heterocycles. The molecule has 0 radical (unpaired) electrons. The quantitative estimate of drug-likeness (QED) is 0.769. The van der Waals surface area contributed by atoms with E-state index in [9.17, 15) is 4.79 Å². The molecule has 0 aliphatic rings. The second-order valence-corrected chi connectivity index (χ2v) is 5.27. The lowest BCUT2D eigenvalue weighted by Gasteiger charge is -2.20. The number of benzene rings is 2. The summed E-state index contributed by atoms with van der Waals surface area (Å²) in [5.74, 6) is 0.867. The molecule has 0 spiro atoms. The number of ether oxygens (including phenoxy) is 1. The van der Waals surface area contributed by atoms with E-state index in [4.69, 9.17) is 4.74 Å². The van der Waals surface area contributed by atoms with Gasteiger partial charge in [-0.3, -0.25) is 4.79 Å². The summed E-state index contributed by atoms with van der Waals surface area (Å²) in [5, 5.41) is 6.11. The summed E-state index contributed by atoms with van der Waals surface area (Å²) in [7, 11) is 1.84. The standard InChI is InChI=1S/C19H24N2O2.ClH/c1-3-23-17-11-9-16(10-12-17)19(15-7-5-4-6-8-15)21-18(22)13-14-20-2;/h4-12,19-20H,3,13-14H2,1-2H3,(H,21,22);1H. The third-order valence-corrected chi connectivity index (χ3v) is 3.56. The molecule has 0 saturated carbocycles. The Kier molecular flexibility index (Phi) is 8.90. The summed E-state index contributed by atoms with van der Waals surface area (Å²) in [6.45, 7) is 3.27. The van der Waals surface area contributed by atoms with Crippen LogP contribution in [0, 0.1) is 0 Å². The highest BCUT2D eigenvalue weighted by Gasteiger charge is 2.16. The summed E-state index contributed by atoms with van der Waals surface area (Å²) in [5.41, 5.74) is 2.10. The van der Waals surface area contributed by atoms with Crippen molar-refractivity contribution in [2.75, 3.05) is 20.2 Å². The van der Waals surface area contributed by atoms with Crippen LogP contribution in [0.4, 0.5) is 0 Å². The van der Waals surface area contributed by atoms with Gasteiger partial charge in [-0.25, -0.2) is 0 Å². The molecule has 0 fully saturated rings. The summed E-state index contributed by atoms with van der Waals surface area (Å²) < 4.78 is 5.48. The zero-order chi connectivity index (χ0) is 16.5. The summed E-state index contributed by atoms with van der Waals surface area (Å²) in [6.07, 6.45) is 0.455. The Morgan fingerprint density at radius 1 is 1.04 bits per heavy atom. The van der Waals surface area contributed by atoms with E-state index in [0.29, 0.717) is 19.6 Å². The number of hydrogen-bond donors (Lipinski definition) is 2.